The number of hydrogen-bond acceptors (Lipinski definition) is 4. The first-order valence-electron chi connectivity index (χ1n) is 9.55. The maximum absolute atomic E-state index is 5.79. The molecule has 3 heterocycles. The minimum Gasteiger partial charge on any atom is -0.497 e. The van der Waals surface area contributed by atoms with E-state index in [9.17, 15) is 0 Å². The second kappa shape index (κ2) is 8.13. The van der Waals surface area contributed by atoms with Gasteiger partial charge in [0.2, 0.25) is 0 Å². The number of benzene rings is 1. The molecule has 0 spiro atoms. The quantitative estimate of drug-likeness (QED) is 0.620. The molecule has 7 heteroatoms. The van der Waals surface area contributed by atoms with Crippen LogP contribution in [-0.4, -0.2) is 28.9 Å². The molecule has 2 atom stereocenters. The van der Waals surface area contributed by atoms with E-state index in [1.165, 1.54) is 0 Å². The number of hydrogen-bond donors (Lipinski definition) is 1. The van der Waals surface area contributed by atoms with Gasteiger partial charge in [0.05, 0.1) is 31.6 Å². The number of aromatic nitrogens is 2. The molecule has 1 aliphatic heterocycles. The molecule has 3 aromatic rings. The Bertz CT molecular complexity index is 1010. The van der Waals surface area contributed by atoms with Gasteiger partial charge in [0.15, 0.2) is 5.11 Å². The van der Waals surface area contributed by atoms with E-state index in [0.717, 1.165) is 29.4 Å². The normalized spacial score (nSPS) is 18.6. The number of nitrogens with zero attached hydrogens (tertiary/aromatic N) is 3. The van der Waals surface area contributed by atoms with Crippen molar-refractivity contribution in [3.63, 3.8) is 0 Å². The first kappa shape index (κ1) is 19.3. The second-order valence-electron chi connectivity index (χ2n) is 6.75. The lowest BCUT2D eigenvalue weighted by Gasteiger charge is -2.29. The molecule has 0 aliphatic carbocycles. The van der Waals surface area contributed by atoms with Gasteiger partial charge in [0.1, 0.15) is 17.5 Å². The van der Waals surface area contributed by atoms with Crippen LogP contribution in [0.15, 0.2) is 60.9 Å². The zero-order valence-electron chi connectivity index (χ0n) is 16.7. The van der Waals surface area contributed by atoms with Crippen molar-refractivity contribution < 1.29 is 9.47 Å². The average Bonchev–Trinajstić information content (AvgIpc) is 3.37. The summed E-state index contributed by atoms with van der Waals surface area (Å²) in [7, 11) is 3.30. The first-order valence-corrected chi connectivity index (χ1v) is 9.96. The lowest BCUT2D eigenvalue weighted by molar-refractivity contribution is 0.394. The van der Waals surface area contributed by atoms with Gasteiger partial charge in [-0.25, -0.2) is 0 Å². The van der Waals surface area contributed by atoms with E-state index in [1.54, 1.807) is 14.2 Å². The number of rotatable bonds is 6. The molecule has 1 N–H and O–H groups in total. The van der Waals surface area contributed by atoms with Gasteiger partial charge in [0.25, 0.3) is 0 Å². The highest BCUT2D eigenvalue weighted by Crippen LogP contribution is 2.45. The lowest BCUT2D eigenvalue weighted by atomic mass is 10.0. The van der Waals surface area contributed by atoms with Crippen molar-refractivity contribution in [2.45, 2.75) is 25.6 Å². The zero-order valence-corrected chi connectivity index (χ0v) is 17.5. The Labute approximate surface area is 176 Å². The summed E-state index contributed by atoms with van der Waals surface area (Å²) in [5.74, 6) is 1.44. The van der Waals surface area contributed by atoms with Crippen LogP contribution in [0.2, 0.25) is 0 Å². The van der Waals surface area contributed by atoms with Crippen LogP contribution < -0.4 is 19.7 Å². The van der Waals surface area contributed by atoms with Crippen LogP contribution in [0.25, 0.3) is 0 Å². The molecule has 150 valence electrons. The van der Waals surface area contributed by atoms with Crippen LogP contribution in [-0.2, 0) is 6.54 Å². The van der Waals surface area contributed by atoms with Crippen molar-refractivity contribution in [2.24, 2.45) is 0 Å². The molecule has 2 unspecified atom stereocenters. The third kappa shape index (κ3) is 3.42. The van der Waals surface area contributed by atoms with Crippen molar-refractivity contribution in [2.75, 3.05) is 19.1 Å². The minimum absolute atomic E-state index is 0.0744. The zero-order chi connectivity index (χ0) is 20.4. The highest BCUT2D eigenvalue weighted by atomic mass is 32.1. The molecule has 1 saturated heterocycles. The first-order chi connectivity index (χ1) is 14.2. The fourth-order valence-corrected chi connectivity index (χ4v) is 4.22. The van der Waals surface area contributed by atoms with Crippen molar-refractivity contribution >= 4 is 23.0 Å². The Hall–Kier alpha value is -3.06. The topological polar surface area (TPSA) is 51.6 Å². The van der Waals surface area contributed by atoms with E-state index < -0.39 is 0 Å². The van der Waals surface area contributed by atoms with Gasteiger partial charge in [-0.1, -0.05) is 6.07 Å². The third-order valence-corrected chi connectivity index (χ3v) is 5.57. The number of pyridine rings is 1. The maximum atomic E-state index is 5.79. The number of ether oxygens (including phenoxy) is 2. The highest BCUT2D eigenvalue weighted by Gasteiger charge is 2.42. The third-order valence-electron chi connectivity index (χ3n) is 5.25. The van der Waals surface area contributed by atoms with Crippen molar-refractivity contribution in [1.82, 2.24) is 14.9 Å². The summed E-state index contributed by atoms with van der Waals surface area (Å²) in [4.78, 5) is 6.72. The minimum atomic E-state index is -0.0873. The molecule has 0 saturated carbocycles. The standard InChI is InChI=1S/C22H24N4O2S/c1-4-25-13-7-9-18(25)21-20(16-8-5-6-12-23-16)24-22(29)26(21)17-11-10-15(27-2)14-19(17)28-3/h5-14,20-21H,4H2,1-3H3,(H,24,29). The lowest BCUT2D eigenvalue weighted by Crippen LogP contribution is -2.30. The predicted octanol–water partition coefficient (Wildman–Crippen LogP) is 4.10. The summed E-state index contributed by atoms with van der Waals surface area (Å²) in [5, 5.41) is 4.12. The molecule has 0 bridgehead atoms. The molecule has 1 aromatic carbocycles. The van der Waals surface area contributed by atoms with Crippen LogP contribution in [0.4, 0.5) is 5.69 Å². The molecule has 6 nitrogen and oxygen atoms in total. The Balaban J connectivity index is 1.87. The largest absolute Gasteiger partial charge is 0.497 e. The van der Waals surface area contributed by atoms with Gasteiger partial charge >= 0.3 is 0 Å². The van der Waals surface area contributed by atoms with Gasteiger partial charge < -0.3 is 24.3 Å². The Morgan fingerprint density at radius 3 is 2.66 bits per heavy atom. The number of anilines is 1. The average molecular weight is 409 g/mol. The molecule has 0 amide bonds. The summed E-state index contributed by atoms with van der Waals surface area (Å²) in [5.41, 5.74) is 2.99. The van der Waals surface area contributed by atoms with E-state index in [4.69, 9.17) is 21.7 Å². The number of aryl methyl sites for hydroxylation is 1. The van der Waals surface area contributed by atoms with Crippen molar-refractivity contribution in [3.05, 3.63) is 72.3 Å². The fraction of sp³-hybridized carbons (Fsp3) is 0.273. The predicted molar refractivity (Wildman–Crippen MR) is 118 cm³/mol. The fourth-order valence-electron chi connectivity index (χ4n) is 3.88. The molecule has 1 fully saturated rings. The number of methoxy groups -OCH3 is 2. The Morgan fingerprint density at radius 2 is 1.97 bits per heavy atom. The van der Waals surface area contributed by atoms with E-state index in [2.05, 4.69) is 45.0 Å². The molecular weight excluding hydrogens is 384 g/mol. The summed E-state index contributed by atoms with van der Waals surface area (Å²) in [6.45, 7) is 3.01. The van der Waals surface area contributed by atoms with Crippen LogP contribution in [0.5, 0.6) is 11.5 Å². The van der Waals surface area contributed by atoms with E-state index >= 15 is 0 Å². The van der Waals surface area contributed by atoms with Crippen LogP contribution >= 0.6 is 12.2 Å². The van der Waals surface area contributed by atoms with Crippen LogP contribution in [0.3, 0.4) is 0 Å². The van der Waals surface area contributed by atoms with E-state index in [0.29, 0.717) is 10.9 Å². The van der Waals surface area contributed by atoms with Gasteiger partial charge in [-0.15, -0.1) is 0 Å². The molecule has 4 rings (SSSR count). The van der Waals surface area contributed by atoms with Crippen LogP contribution in [0, 0.1) is 0 Å². The van der Waals surface area contributed by atoms with Crippen molar-refractivity contribution in [3.8, 4) is 11.5 Å². The van der Waals surface area contributed by atoms with E-state index in [1.807, 2.05) is 42.6 Å². The van der Waals surface area contributed by atoms with Gasteiger partial charge in [-0.3, -0.25) is 4.98 Å². The summed E-state index contributed by atoms with van der Waals surface area (Å²) in [6, 6.07) is 15.8. The Kier molecular flexibility index (Phi) is 5.40. The SMILES string of the molecule is CCn1cccc1C1C(c2ccccn2)NC(=S)N1c1ccc(OC)cc1OC. The molecule has 0 radical (unpaired) electrons. The molecule has 1 aliphatic rings. The molecular formula is C22H24N4O2S. The highest BCUT2D eigenvalue weighted by molar-refractivity contribution is 7.80. The van der Waals surface area contributed by atoms with Gasteiger partial charge in [-0.05, 0) is 55.5 Å². The van der Waals surface area contributed by atoms with E-state index in [-0.39, 0.29) is 12.1 Å². The molecule has 2 aromatic heterocycles. The van der Waals surface area contributed by atoms with Crippen molar-refractivity contribution in [1.29, 1.82) is 0 Å². The summed E-state index contributed by atoms with van der Waals surface area (Å²) in [6.07, 6.45) is 3.90. The maximum Gasteiger partial charge on any atom is 0.174 e. The Morgan fingerprint density at radius 1 is 1.10 bits per heavy atom. The molecule has 29 heavy (non-hydrogen) atoms. The second-order valence-corrected chi connectivity index (χ2v) is 7.14. The van der Waals surface area contributed by atoms with Crippen LogP contribution in [0.1, 0.15) is 30.4 Å². The van der Waals surface area contributed by atoms with Gasteiger partial charge in [-0.2, -0.15) is 0 Å². The summed E-state index contributed by atoms with van der Waals surface area (Å²) >= 11 is 5.79. The summed E-state index contributed by atoms with van der Waals surface area (Å²) < 4.78 is 13.3. The van der Waals surface area contributed by atoms with Gasteiger partial charge in [0, 0.05) is 30.7 Å². The monoisotopic (exact) mass is 408 g/mol. The smallest absolute Gasteiger partial charge is 0.174 e. The number of thiocarbonyl (C=S) groups is 1. The number of nitrogens with one attached hydrogen (secondary N) is 1.